The third-order valence-electron chi connectivity index (χ3n) is 11.4. The largest absolute Gasteiger partial charge is 0.0654 e. The molecule has 0 nitrogen and oxygen atoms in total. The average molecular weight is 495 g/mol. The molecular formula is C35H74. The maximum Gasteiger partial charge on any atom is 0 e. The van der Waals surface area contributed by atoms with Crippen molar-refractivity contribution in [1.29, 1.82) is 0 Å². The van der Waals surface area contributed by atoms with Crippen LogP contribution in [0, 0.1) is 47.3 Å². The van der Waals surface area contributed by atoms with Crippen molar-refractivity contribution in [3.63, 3.8) is 0 Å². The Labute approximate surface area is 228 Å². The molecule has 214 valence electrons. The normalized spacial score (nSPS) is 38.4. The molecule has 0 heteroatoms. The minimum Gasteiger partial charge on any atom is -0.0654 e. The van der Waals surface area contributed by atoms with Gasteiger partial charge < -0.3 is 0 Å². The molecule has 0 aliphatic heterocycles. The number of unbranched alkanes of at least 4 members (excludes halogenated alkanes) is 1. The van der Waals surface area contributed by atoms with Crippen LogP contribution in [-0.4, -0.2) is 0 Å². The molecule has 0 bridgehead atoms. The molecule has 0 radical (unpaired) electrons. The van der Waals surface area contributed by atoms with Crippen molar-refractivity contribution in [2.45, 2.75) is 175 Å². The second kappa shape index (κ2) is 16.8. The van der Waals surface area contributed by atoms with E-state index in [1.807, 2.05) is 0 Å². The van der Waals surface area contributed by atoms with Crippen molar-refractivity contribution in [1.82, 2.24) is 0 Å². The summed E-state index contributed by atoms with van der Waals surface area (Å²) in [6, 6.07) is 0. The molecule has 4 fully saturated rings. The second-order valence-corrected chi connectivity index (χ2v) is 14.1. The van der Waals surface area contributed by atoms with Crippen LogP contribution in [0.1, 0.15) is 181 Å². The fraction of sp³-hybridized carbons (Fsp3) is 1.00. The molecule has 0 saturated heterocycles. The molecule has 4 aliphatic rings. The Bertz CT molecular complexity index is 509. The van der Waals surface area contributed by atoms with Gasteiger partial charge in [-0.3, -0.25) is 0 Å². The third kappa shape index (κ3) is 10.3. The summed E-state index contributed by atoms with van der Waals surface area (Å²) in [6.07, 6.45) is 35.0. The highest BCUT2D eigenvalue weighted by Crippen LogP contribution is 2.43. The summed E-state index contributed by atoms with van der Waals surface area (Å²) in [7, 11) is 0. The van der Waals surface area contributed by atoms with Crippen molar-refractivity contribution in [3.8, 4) is 0 Å². The fourth-order valence-electron chi connectivity index (χ4n) is 8.91. The van der Waals surface area contributed by atoms with Crippen molar-refractivity contribution in [3.05, 3.63) is 0 Å². The van der Waals surface area contributed by atoms with Crippen molar-refractivity contribution >= 4 is 0 Å². The molecule has 35 heavy (non-hydrogen) atoms. The predicted octanol–water partition coefficient (Wildman–Crippen LogP) is 13.0. The predicted molar refractivity (Wildman–Crippen MR) is 165 cm³/mol. The van der Waals surface area contributed by atoms with Gasteiger partial charge in [0.05, 0.1) is 0 Å². The van der Waals surface area contributed by atoms with Crippen LogP contribution >= 0.6 is 0 Å². The quantitative estimate of drug-likeness (QED) is 0.299. The second-order valence-electron chi connectivity index (χ2n) is 14.1. The van der Waals surface area contributed by atoms with Gasteiger partial charge in [0.15, 0.2) is 0 Å². The zero-order valence-corrected chi connectivity index (χ0v) is 24.9. The Kier molecular flexibility index (Phi) is 14.2. The summed E-state index contributed by atoms with van der Waals surface area (Å²) < 4.78 is 0. The molecule has 0 unspecified atom stereocenters. The van der Waals surface area contributed by atoms with Gasteiger partial charge in [-0.05, 0) is 98.7 Å². The molecule has 0 spiro atoms. The van der Waals surface area contributed by atoms with E-state index in [0.717, 1.165) is 47.3 Å². The lowest BCUT2D eigenvalue weighted by atomic mass is 9.68. The molecule has 0 aromatic carbocycles. The first kappa shape index (κ1) is 29.6. The van der Waals surface area contributed by atoms with Gasteiger partial charge in [0.2, 0.25) is 0 Å². The molecule has 0 heterocycles. The van der Waals surface area contributed by atoms with Gasteiger partial charge in [-0.25, -0.2) is 0 Å². The number of hydrogen-bond donors (Lipinski definition) is 0. The van der Waals surface area contributed by atoms with Crippen LogP contribution < -0.4 is 0 Å². The van der Waals surface area contributed by atoms with Gasteiger partial charge in [-0.2, -0.15) is 0 Å². The van der Waals surface area contributed by atoms with Crippen LogP contribution in [0.5, 0.6) is 0 Å². The Morgan fingerprint density at radius 3 is 1.03 bits per heavy atom. The van der Waals surface area contributed by atoms with Gasteiger partial charge >= 0.3 is 0 Å². The van der Waals surface area contributed by atoms with Gasteiger partial charge in [0.1, 0.15) is 0 Å². The lowest BCUT2D eigenvalue weighted by molar-refractivity contribution is 0.140. The Hall–Kier alpha value is 0. The van der Waals surface area contributed by atoms with E-state index < -0.39 is 0 Å². The van der Waals surface area contributed by atoms with Crippen LogP contribution in [0.3, 0.4) is 0 Å². The summed E-state index contributed by atoms with van der Waals surface area (Å²) >= 11 is 0. The van der Waals surface area contributed by atoms with Gasteiger partial charge in [-0.1, -0.05) is 124 Å². The molecule has 4 aliphatic carbocycles. The first-order valence-corrected chi connectivity index (χ1v) is 17.1. The topological polar surface area (TPSA) is 0 Å². The maximum absolute atomic E-state index is 2.44. The highest BCUT2D eigenvalue weighted by Gasteiger charge is 2.31. The van der Waals surface area contributed by atoms with Gasteiger partial charge in [0.25, 0.3) is 0 Å². The molecular weight excluding hydrogens is 420 g/mol. The Morgan fingerprint density at radius 2 is 0.714 bits per heavy atom. The first-order valence-electron chi connectivity index (χ1n) is 17.1. The SMILES string of the molecule is CCCC1CCC(C2CCC(C)CC2)CC1.CCCCC1CCC(C2CCC(CCC)CC2)CC1.[HH].[HH].[HH].[HH]. The summed E-state index contributed by atoms with van der Waals surface area (Å²) in [5.41, 5.74) is 0. The maximum atomic E-state index is 2.44. The standard InChI is InChI=1S/C19H36.C16H30.4H2/c1-3-5-7-17-10-14-19(15-11-17)18-12-8-16(6-4-2)9-13-18;1-3-4-14-7-11-16(12-8-14)15-9-5-13(2)6-10-15;;;;/h16-19H,3-15H2,1-2H3;13-16H,3-12H2,1-2H3;4*1H. The van der Waals surface area contributed by atoms with E-state index in [-0.39, 0.29) is 5.71 Å². The van der Waals surface area contributed by atoms with E-state index in [0.29, 0.717) is 0 Å². The number of rotatable bonds is 9. The van der Waals surface area contributed by atoms with E-state index in [1.165, 1.54) is 57.8 Å². The van der Waals surface area contributed by atoms with Crippen molar-refractivity contribution in [2.24, 2.45) is 47.3 Å². The van der Waals surface area contributed by atoms with Crippen molar-refractivity contribution < 1.29 is 5.71 Å². The van der Waals surface area contributed by atoms with Gasteiger partial charge in [-0.15, -0.1) is 0 Å². The fourth-order valence-corrected chi connectivity index (χ4v) is 8.91. The zero-order chi connectivity index (χ0) is 24.9. The lowest BCUT2D eigenvalue weighted by Crippen LogP contribution is -2.25. The summed E-state index contributed by atoms with van der Waals surface area (Å²) in [5, 5.41) is 0. The molecule has 0 aromatic heterocycles. The van der Waals surface area contributed by atoms with E-state index in [1.54, 1.807) is 89.9 Å². The summed E-state index contributed by atoms with van der Waals surface area (Å²) in [6.45, 7) is 9.47. The third-order valence-corrected chi connectivity index (χ3v) is 11.4. The van der Waals surface area contributed by atoms with E-state index in [4.69, 9.17) is 0 Å². The minimum atomic E-state index is 0. The smallest absolute Gasteiger partial charge is 0 e. The van der Waals surface area contributed by atoms with Crippen LogP contribution in [-0.2, 0) is 0 Å². The number of hydrogen-bond acceptors (Lipinski definition) is 0. The van der Waals surface area contributed by atoms with Crippen molar-refractivity contribution in [2.75, 3.05) is 0 Å². The average Bonchev–Trinajstić information content (AvgIpc) is 2.90. The lowest BCUT2D eigenvalue weighted by Gasteiger charge is -2.38. The van der Waals surface area contributed by atoms with Crippen LogP contribution in [0.15, 0.2) is 0 Å². The highest BCUT2D eigenvalue weighted by molar-refractivity contribution is 4.83. The van der Waals surface area contributed by atoms with E-state index >= 15 is 0 Å². The highest BCUT2D eigenvalue weighted by atomic mass is 14.4. The molecule has 0 atom stereocenters. The first-order chi connectivity index (χ1) is 17.1. The molecule has 0 N–H and O–H groups in total. The molecule has 0 aromatic rings. The Morgan fingerprint density at radius 1 is 0.400 bits per heavy atom. The molecule has 0 amide bonds. The zero-order valence-electron chi connectivity index (χ0n) is 24.9. The monoisotopic (exact) mass is 495 g/mol. The molecule has 4 rings (SSSR count). The van der Waals surface area contributed by atoms with E-state index in [9.17, 15) is 0 Å². The van der Waals surface area contributed by atoms with Crippen LogP contribution in [0.4, 0.5) is 0 Å². The van der Waals surface area contributed by atoms with Crippen LogP contribution in [0.25, 0.3) is 0 Å². The van der Waals surface area contributed by atoms with Gasteiger partial charge in [0, 0.05) is 5.71 Å². The summed E-state index contributed by atoms with van der Waals surface area (Å²) in [5.74, 6) is 8.73. The molecule has 4 saturated carbocycles. The Balaban J connectivity index is 0. The van der Waals surface area contributed by atoms with E-state index in [2.05, 4.69) is 27.7 Å². The summed E-state index contributed by atoms with van der Waals surface area (Å²) in [4.78, 5) is 0. The minimum absolute atomic E-state index is 0. The van der Waals surface area contributed by atoms with Crippen LogP contribution in [0.2, 0.25) is 0 Å².